The second kappa shape index (κ2) is 73.9. The Morgan fingerprint density at radius 2 is 0.460 bits per heavy atom. The molecule has 2 unspecified atom stereocenters. The fourth-order valence-electron chi connectivity index (χ4n) is 12.6. The van der Waals surface area contributed by atoms with Gasteiger partial charge in [-0.2, -0.15) is 0 Å². The Morgan fingerprint density at radius 1 is 0.270 bits per heavy atom. The largest absolute Gasteiger partial charge is 0.472 e. The maximum absolute atomic E-state index is 13.1. The third-order valence-corrected chi connectivity index (χ3v) is 20.9. The number of aliphatic hydroxyl groups excluding tert-OH is 1. The fraction of sp³-hybridized carbons (Fsp3) is 0.951. The SMILES string of the molecule is CCCCCCCCCCCCCCCCCCCCCCCC(=O)O[C@H](COC(=O)CCCCCCCCCCCCCCCCCCCC)COP(=O)(O)OC[C@@H](O)COP(=O)(O)OC[C@@H](COC(=O)CCCCCCCCCC)OC(=O)CCCCCCCCCCCCC(C)C. The van der Waals surface area contributed by atoms with Crippen LogP contribution in [0.15, 0.2) is 0 Å². The van der Waals surface area contributed by atoms with Gasteiger partial charge in [-0.15, -0.1) is 0 Å². The molecule has 0 radical (unpaired) electrons. The lowest BCUT2D eigenvalue weighted by atomic mass is 10.0. The summed E-state index contributed by atoms with van der Waals surface area (Å²) in [5.74, 6) is -1.36. The molecule has 0 heterocycles. The van der Waals surface area contributed by atoms with Gasteiger partial charge < -0.3 is 33.8 Å². The Kier molecular flexibility index (Phi) is 72.5. The van der Waals surface area contributed by atoms with E-state index in [-0.39, 0.29) is 25.7 Å². The molecule has 0 aromatic rings. The van der Waals surface area contributed by atoms with Crippen molar-refractivity contribution < 1.29 is 80.2 Å². The second-order valence-electron chi connectivity index (χ2n) is 29.6. The van der Waals surface area contributed by atoms with Crippen LogP contribution in [-0.4, -0.2) is 96.7 Å². The van der Waals surface area contributed by atoms with E-state index in [1.54, 1.807) is 0 Å². The van der Waals surface area contributed by atoms with Crippen molar-refractivity contribution in [2.75, 3.05) is 39.6 Å². The zero-order chi connectivity index (χ0) is 73.4. The Bertz CT molecular complexity index is 1910. The highest BCUT2D eigenvalue weighted by atomic mass is 31.2. The molecule has 0 bridgehead atoms. The summed E-state index contributed by atoms with van der Waals surface area (Å²) in [5, 5.41) is 10.6. The van der Waals surface area contributed by atoms with E-state index in [1.165, 1.54) is 250 Å². The van der Waals surface area contributed by atoms with Crippen LogP contribution in [0, 0.1) is 5.92 Å². The summed E-state index contributed by atoms with van der Waals surface area (Å²) < 4.78 is 68.6. The first kappa shape index (κ1) is 98.1. The Balaban J connectivity index is 5.18. The molecular formula is C81H158O17P2. The van der Waals surface area contributed by atoms with Crippen molar-refractivity contribution in [3.8, 4) is 0 Å². The molecule has 0 amide bonds. The number of hydrogen-bond donors (Lipinski definition) is 3. The molecule has 0 aliphatic carbocycles. The molecule has 0 fully saturated rings. The maximum atomic E-state index is 13.1. The number of carbonyl (C=O) groups excluding carboxylic acids is 4. The Hall–Kier alpha value is -1.94. The van der Waals surface area contributed by atoms with E-state index >= 15 is 0 Å². The zero-order valence-corrected chi connectivity index (χ0v) is 67.1. The number of rotatable bonds is 81. The fourth-order valence-corrected chi connectivity index (χ4v) is 14.2. The highest BCUT2D eigenvalue weighted by Gasteiger charge is 2.30. The molecule has 0 spiro atoms. The summed E-state index contributed by atoms with van der Waals surface area (Å²) in [7, 11) is -9.91. The minimum atomic E-state index is -4.96. The van der Waals surface area contributed by atoms with Crippen molar-refractivity contribution in [1.82, 2.24) is 0 Å². The van der Waals surface area contributed by atoms with E-state index in [4.69, 9.17) is 37.0 Å². The zero-order valence-electron chi connectivity index (χ0n) is 65.3. The van der Waals surface area contributed by atoms with Crippen LogP contribution < -0.4 is 0 Å². The average molecular weight is 1470 g/mol. The van der Waals surface area contributed by atoms with Gasteiger partial charge in [0.25, 0.3) is 0 Å². The number of esters is 4. The van der Waals surface area contributed by atoms with Gasteiger partial charge in [-0.25, -0.2) is 9.13 Å². The van der Waals surface area contributed by atoms with Gasteiger partial charge in [-0.05, 0) is 31.6 Å². The van der Waals surface area contributed by atoms with Crippen molar-refractivity contribution in [3.63, 3.8) is 0 Å². The molecule has 0 saturated heterocycles. The van der Waals surface area contributed by atoms with Gasteiger partial charge in [-0.3, -0.25) is 37.3 Å². The third kappa shape index (κ3) is 74.3. The first-order chi connectivity index (χ1) is 48.5. The number of ether oxygens (including phenoxy) is 4. The maximum Gasteiger partial charge on any atom is 0.472 e. The summed E-state index contributed by atoms with van der Waals surface area (Å²) in [4.78, 5) is 72.9. The Labute approximate surface area is 613 Å². The molecule has 19 heteroatoms. The molecule has 0 saturated carbocycles. The van der Waals surface area contributed by atoms with Crippen molar-refractivity contribution >= 4 is 39.5 Å². The van der Waals surface area contributed by atoms with Gasteiger partial charge in [-0.1, -0.05) is 381 Å². The monoisotopic (exact) mass is 1470 g/mol. The van der Waals surface area contributed by atoms with Gasteiger partial charge in [0.05, 0.1) is 26.4 Å². The standard InChI is InChI=1S/C81H158O17P2/c1-6-9-12-15-18-21-23-25-27-29-31-32-33-35-37-39-41-46-51-56-61-66-80(85)98-77(71-92-79(84)65-60-55-50-45-40-38-36-34-30-28-26-24-22-19-16-13-10-7-2)73-96-100(89,90)94-69-75(82)68-93-99(87,88)95-72-76(70-91-78(83)64-59-54-49-20-17-14-11-8-3)97-81(86)67-62-57-52-47-43-42-44-48-53-58-63-74(4)5/h74-77,82H,6-73H2,1-5H3,(H,87,88)(H,89,90)/t75-,76+,77+/m0/s1. The van der Waals surface area contributed by atoms with E-state index in [1.807, 2.05) is 0 Å². The summed E-state index contributed by atoms with van der Waals surface area (Å²) in [6.07, 6.45) is 65.4. The number of hydrogen-bond acceptors (Lipinski definition) is 15. The van der Waals surface area contributed by atoms with E-state index in [9.17, 15) is 43.2 Å². The highest BCUT2D eigenvalue weighted by Crippen LogP contribution is 2.45. The normalized spacial score (nSPS) is 13.8. The minimum Gasteiger partial charge on any atom is -0.462 e. The lowest BCUT2D eigenvalue weighted by Crippen LogP contribution is -2.30. The Morgan fingerprint density at radius 3 is 0.680 bits per heavy atom. The molecule has 594 valence electrons. The first-order valence-electron chi connectivity index (χ1n) is 42.1. The van der Waals surface area contributed by atoms with E-state index in [0.29, 0.717) is 25.7 Å². The average Bonchev–Trinajstić information content (AvgIpc) is 0.986. The van der Waals surface area contributed by atoms with E-state index in [0.717, 1.165) is 102 Å². The highest BCUT2D eigenvalue weighted by molar-refractivity contribution is 7.47. The van der Waals surface area contributed by atoms with Crippen LogP contribution in [0.25, 0.3) is 0 Å². The van der Waals surface area contributed by atoms with E-state index < -0.39 is 97.5 Å². The van der Waals surface area contributed by atoms with Gasteiger partial charge in [0.15, 0.2) is 12.2 Å². The molecule has 3 N–H and O–H groups in total. The lowest BCUT2D eigenvalue weighted by Gasteiger charge is -2.21. The number of aliphatic hydroxyl groups is 1. The number of phosphoric acid groups is 2. The molecule has 0 aliphatic rings. The summed E-state index contributed by atoms with van der Waals surface area (Å²) in [5.41, 5.74) is 0. The van der Waals surface area contributed by atoms with Crippen LogP contribution in [0.2, 0.25) is 0 Å². The molecular weight excluding hydrogens is 1310 g/mol. The smallest absolute Gasteiger partial charge is 0.462 e. The van der Waals surface area contributed by atoms with Crippen molar-refractivity contribution in [2.45, 2.75) is 451 Å². The minimum absolute atomic E-state index is 0.106. The van der Waals surface area contributed by atoms with Gasteiger partial charge in [0, 0.05) is 25.7 Å². The molecule has 5 atom stereocenters. The van der Waals surface area contributed by atoms with Crippen LogP contribution in [0.3, 0.4) is 0 Å². The predicted octanol–water partition coefficient (Wildman–Crippen LogP) is 24.4. The molecule has 0 aromatic carbocycles. The van der Waals surface area contributed by atoms with Gasteiger partial charge >= 0.3 is 39.5 Å². The van der Waals surface area contributed by atoms with Crippen LogP contribution in [-0.2, 0) is 65.4 Å². The van der Waals surface area contributed by atoms with Crippen molar-refractivity contribution in [3.05, 3.63) is 0 Å². The first-order valence-corrected chi connectivity index (χ1v) is 45.1. The van der Waals surface area contributed by atoms with Crippen molar-refractivity contribution in [2.24, 2.45) is 5.92 Å². The molecule has 0 rings (SSSR count). The van der Waals surface area contributed by atoms with Crippen LogP contribution in [0.4, 0.5) is 0 Å². The third-order valence-electron chi connectivity index (χ3n) is 19.0. The molecule has 0 aromatic heterocycles. The second-order valence-corrected chi connectivity index (χ2v) is 32.5. The topological polar surface area (TPSA) is 237 Å². The van der Waals surface area contributed by atoms with Crippen LogP contribution in [0.5, 0.6) is 0 Å². The van der Waals surface area contributed by atoms with Crippen LogP contribution in [0.1, 0.15) is 433 Å². The van der Waals surface area contributed by atoms with Gasteiger partial charge in [0.1, 0.15) is 19.3 Å². The van der Waals surface area contributed by atoms with E-state index in [2.05, 4.69) is 34.6 Å². The summed E-state index contributed by atoms with van der Waals surface area (Å²) in [6, 6.07) is 0. The van der Waals surface area contributed by atoms with Crippen molar-refractivity contribution in [1.29, 1.82) is 0 Å². The number of carbonyl (C=O) groups is 4. The quantitative estimate of drug-likeness (QED) is 0.0222. The molecule has 0 aliphatic heterocycles. The summed E-state index contributed by atoms with van der Waals surface area (Å²) >= 11 is 0. The predicted molar refractivity (Wildman–Crippen MR) is 409 cm³/mol. The van der Waals surface area contributed by atoms with Crippen LogP contribution >= 0.6 is 15.6 Å². The summed E-state index contributed by atoms with van der Waals surface area (Å²) in [6.45, 7) is 7.29. The lowest BCUT2D eigenvalue weighted by molar-refractivity contribution is -0.161. The molecule has 17 nitrogen and oxygen atoms in total. The number of phosphoric ester groups is 2. The molecule has 100 heavy (non-hydrogen) atoms. The number of unbranched alkanes of at least 4 members (excludes halogenated alkanes) is 53. The van der Waals surface area contributed by atoms with Gasteiger partial charge in [0.2, 0.25) is 0 Å².